The minimum atomic E-state index is -4.49. The van der Waals surface area contributed by atoms with E-state index in [4.69, 9.17) is 9.84 Å². The van der Waals surface area contributed by atoms with Gasteiger partial charge in [0.25, 0.3) is 0 Å². The molecule has 2 amide bonds. The molecule has 1 fully saturated rings. The molecular formula is C15H17F3N2O4. The highest BCUT2D eigenvalue weighted by Gasteiger charge is 2.32. The minimum Gasteiger partial charge on any atom is -0.482 e. The zero-order chi connectivity index (χ0) is 17.9. The van der Waals surface area contributed by atoms with Crippen molar-refractivity contribution in [2.75, 3.05) is 25.0 Å². The Morgan fingerprint density at radius 2 is 2.12 bits per heavy atom. The second-order valence-electron chi connectivity index (χ2n) is 5.60. The number of nitrogens with one attached hydrogen (secondary N) is 1. The van der Waals surface area contributed by atoms with Gasteiger partial charge in [0.1, 0.15) is 5.75 Å². The maximum absolute atomic E-state index is 12.3. The maximum atomic E-state index is 12.3. The number of ether oxygens (including phenoxy) is 1. The zero-order valence-electron chi connectivity index (χ0n) is 12.9. The van der Waals surface area contributed by atoms with Crippen molar-refractivity contribution in [2.24, 2.45) is 5.92 Å². The largest absolute Gasteiger partial charge is 0.482 e. The van der Waals surface area contributed by atoms with E-state index in [1.807, 2.05) is 0 Å². The van der Waals surface area contributed by atoms with Crippen LogP contribution in [-0.4, -0.2) is 47.9 Å². The van der Waals surface area contributed by atoms with Gasteiger partial charge in [-0.25, -0.2) is 4.79 Å². The van der Waals surface area contributed by atoms with E-state index in [1.54, 1.807) is 13.0 Å². The van der Waals surface area contributed by atoms with Crippen molar-refractivity contribution in [3.8, 4) is 5.75 Å². The molecule has 0 aromatic heterocycles. The van der Waals surface area contributed by atoms with Gasteiger partial charge in [0, 0.05) is 13.1 Å². The minimum absolute atomic E-state index is 0.0613. The van der Waals surface area contributed by atoms with E-state index in [0.717, 1.165) is 0 Å². The highest BCUT2D eigenvalue weighted by molar-refractivity contribution is 5.91. The molecule has 1 aliphatic rings. The first-order valence-electron chi connectivity index (χ1n) is 7.24. The van der Waals surface area contributed by atoms with Crippen molar-refractivity contribution in [2.45, 2.75) is 19.5 Å². The van der Waals surface area contributed by atoms with E-state index in [1.165, 1.54) is 17.0 Å². The second-order valence-corrected chi connectivity index (χ2v) is 5.60. The van der Waals surface area contributed by atoms with Crippen molar-refractivity contribution >= 4 is 17.7 Å². The van der Waals surface area contributed by atoms with Crippen LogP contribution in [0.5, 0.6) is 5.75 Å². The number of amides is 2. The van der Waals surface area contributed by atoms with Gasteiger partial charge < -0.3 is 20.1 Å². The lowest BCUT2D eigenvalue weighted by Crippen LogP contribution is -2.34. The molecule has 0 saturated carbocycles. The van der Waals surface area contributed by atoms with E-state index in [9.17, 15) is 22.8 Å². The van der Waals surface area contributed by atoms with Crippen LogP contribution in [0.15, 0.2) is 18.2 Å². The third-order valence-electron chi connectivity index (χ3n) is 3.59. The summed E-state index contributed by atoms with van der Waals surface area (Å²) in [6.07, 6.45) is -4.15. The Morgan fingerprint density at radius 3 is 2.71 bits per heavy atom. The Kier molecular flexibility index (Phi) is 5.20. The van der Waals surface area contributed by atoms with Gasteiger partial charge in [-0.3, -0.25) is 4.79 Å². The number of rotatable bonds is 4. The number of nitrogens with zero attached hydrogens (tertiary/aromatic N) is 1. The molecule has 2 rings (SSSR count). The number of carbonyl (C=O) groups excluding carboxylic acids is 1. The van der Waals surface area contributed by atoms with Gasteiger partial charge in [-0.1, -0.05) is 6.07 Å². The second kappa shape index (κ2) is 6.98. The first-order chi connectivity index (χ1) is 11.2. The number of hydrogen-bond acceptors (Lipinski definition) is 3. The SMILES string of the molecule is Cc1ccc(NC(=O)N2CCC(C(=O)O)C2)c(OCC(F)(F)F)c1. The number of hydrogen-bond donors (Lipinski definition) is 2. The number of carbonyl (C=O) groups is 2. The third kappa shape index (κ3) is 4.77. The summed E-state index contributed by atoms with van der Waals surface area (Å²) >= 11 is 0. The number of aryl methyl sites for hydroxylation is 1. The summed E-state index contributed by atoms with van der Waals surface area (Å²) in [6.45, 7) is 0.549. The molecule has 1 atom stereocenters. The van der Waals surface area contributed by atoms with Gasteiger partial charge >= 0.3 is 18.2 Å². The lowest BCUT2D eigenvalue weighted by Gasteiger charge is -2.19. The summed E-state index contributed by atoms with van der Waals surface area (Å²) in [7, 11) is 0. The standard InChI is InChI=1S/C15H17F3N2O4/c1-9-2-3-11(12(6-9)24-8-15(16,17)18)19-14(23)20-5-4-10(7-20)13(21)22/h2-3,6,10H,4-5,7-8H2,1H3,(H,19,23)(H,21,22). The Bertz CT molecular complexity index is 634. The van der Waals surface area contributed by atoms with Crippen LogP contribution in [-0.2, 0) is 4.79 Å². The van der Waals surface area contributed by atoms with Gasteiger partial charge in [-0.15, -0.1) is 0 Å². The van der Waals surface area contributed by atoms with Crippen molar-refractivity contribution in [1.82, 2.24) is 4.90 Å². The summed E-state index contributed by atoms with van der Waals surface area (Å²) in [5.74, 6) is -1.70. The Balaban J connectivity index is 2.06. The Hall–Kier alpha value is -2.45. The number of carboxylic acid groups (broad SMARTS) is 1. The van der Waals surface area contributed by atoms with E-state index in [-0.39, 0.29) is 24.5 Å². The van der Waals surface area contributed by atoms with Gasteiger partial charge in [-0.2, -0.15) is 13.2 Å². The van der Waals surface area contributed by atoms with Crippen LogP contribution in [0, 0.1) is 12.8 Å². The first-order valence-corrected chi connectivity index (χ1v) is 7.24. The highest BCUT2D eigenvalue weighted by atomic mass is 19.4. The van der Waals surface area contributed by atoms with Crippen LogP contribution < -0.4 is 10.1 Å². The molecule has 6 nitrogen and oxygen atoms in total. The molecule has 1 unspecified atom stereocenters. The van der Waals surface area contributed by atoms with Gasteiger partial charge in [0.15, 0.2) is 6.61 Å². The van der Waals surface area contributed by atoms with E-state index in [2.05, 4.69) is 5.32 Å². The smallest absolute Gasteiger partial charge is 0.422 e. The molecule has 24 heavy (non-hydrogen) atoms. The summed E-state index contributed by atoms with van der Waals surface area (Å²) in [5, 5.41) is 11.4. The molecule has 1 aromatic carbocycles. The molecule has 1 aliphatic heterocycles. The molecule has 0 bridgehead atoms. The average molecular weight is 346 g/mol. The molecule has 2 N–H and O–H groups in total. The van der Waals surface area contributed by atoms with Crippen LogP contribution in [0.1, 0.15) is 12.0 Å². The number of urea groups is 1. The summed E-state index contributed by atoms with van der Waals surface area (Å²) in [5.41, 5.74) is 0.783. The maximum Gasteiger partial charge on any atom is 0.422 e. The predicted molar refractivity (Wildman–Crippen MR) is 79.1 cm³/mol. The van der Waals surface area contributed by atoms with Crippen molar-refractivity contribution in [3.05, 3.63) is 23.8 Å². The summed E-state index contributed by atoms with van der Waals surface area (Å²) in [4.78, 5) is 24.4. The molecule has 1 saturated heterocycles. The van der Waals surface area contributed by atoms with E-state index in [0.29, 0.717) is 12.0 Å². The van der Waals surface area contributed by atoms with Crippen LogP contribution in [0.4, 0.5) is 23.7 Å². The third-order valence-corrected chi connectivity index (χ3v) is 3.59. The van der Waals surface area contributed by atoms with Crippen LogP contribution in [0.2, 0.25) is 0 Å². The number of halogens is 3. The van der Waals surface area contributed by atoms with Crippen LogP contribution >= 0.6 is 0 Å². The lowest BCUT2D eigenvalue weighted by atomic mass is 10.1. The molecular weight excluding hydrogens is 329 g/mol. The normalized spacial score (nSPS) is 17.7. The van der Waals surface area contributed by atoms with E-state index >= 15 is 0 Å². The first kappa shape index (κ1) is 17.9. The zero-order valence-corrected chi connectivity index (χ0v) is 12.9. The number of carboxylic acids is 1. The number of benzene rings is 1. The van der Waals surface area contributed by atoms with Gasteiger partial charge in [0.05, 0.1) is 11.6 Å². The Morgan fingerprint density at radius 1 is 1.42 bits per heavy atom. The average Bonchev–Trinajstić information content (AvgIpc) is 2.96. The van der Waals surface area contributed by atoms with Crippen LogP contribution in [0.3, 0.4) is 0 Å². The quantitative estimate of drug-likeness (QED) is 0.879. The molecule has 0 aliphatic carbocycles. The van der Waals surface area contributed by atoms with E-state index < -0.39 is 30.7 Å². The topological polar surface area (TPSA) is 78.9 Å². The number of aliphatic carboxylic acids is 1. The molecule has 132 valence electrons. The van der Waals surface area contributed by atoms with Crippen molar-refractivity contribution in [3.63, 3.8) is 0 Å². The molecule has 0 radical (unpaired) electrons. The Labute approximate surface area is 136 Å². The predicted octanol–water partition coefficient (Wildman–Crippen LogP) is 2.87. The van der Waals surface area contributed by atoms with Crippen molar-refractivity contribution in [1.29, 1.82) is 0 Å². The van der Waals surface area contributed by atoms with Crippen molar-refractivity contribution < 1.29 is 32.6 Å². The van der Waals surface area contributed by atoms with Crippen LogP contribution in [0.25, 0.3) is 0 Å². The summed E-state index contributed by atoms with van der Waals surface area (Å²) < 4.78 is 41.7. The fraction of sp³-hybridized carbons (Fsp3) is 0.467. The monoisotopic (exact) mass is 346 g/mol. The molecule has 0 spiro atoms. The number of likely N-dealkylation sites (tertiary alicyclic amines) is 1. The number of alkyl halides is 3. The van der Waals surface area contributed by atoms with Gasteiger partial charge in [-0.05, 0) is 31.0 Å². The molecule has 9 heteroatoms. The molecule has 1 heterocycles. The lowest BCUT2D eigenvalue weighted by molar-refractivity contribution is -0.153. The summed E-state index contributed by atoms with van der Waals surface area (Å²) in [6, 6.07) is 3.90. The fourth-order valence-corrected chi connectivity index (χ4v) is 2.35. The molecule has 1 aromatic rings. The fourth-order valence-electron chi connectivity index (χ4n) is 2.35. The number of anilines is 1. The van der Waals surface area contributed by atoms with Gasteiger partial charge in [0.2, 0.25) is 0 Å². The highest BCUT2D eigenvalue weighted by Crippen LogP contribution is 2.28.